The molecule has 0 saturated carbocycles. The van der Waals surface area contributed by atoms with Crippen molar-refractivity contribution in [3.63, 3.8) is 0 Å². The molecule has 1 atom stereocenters. The zero-order valence-corrected chi connectivity index (χ0v) is 11.6. The molecule has 5 heteroatoms. The van der Waals surface area contributed by atoms with Gasteiger partial charge in [-0.25, -0.2) is 4.98 Å². The Bertz CT molecular complexity index is 568. The summed E-state index contributed by atoms with van der Waals surface area (Å²) in [7, 11) is 1.79. The van der Waals surface area contributed by atoms with Crippen molar-refractivity contribution in [2.24, 2.45) is 0 Å². The lowest BCUT2D eigenvalue weighted by atomic mass is 10.0. The first-order valence-corrected chi connectivity index (χ1v) is 6.46. The fourth-order valence-electron chi connectivity index (χ4n) is 1.72. The third kappa shape index (κ3) is 3.12. The molecule has 1 unspecified atom stereocenters. The van der Waals surface area contributed by atoms with Crippen LogP contribution < -0.4 is 10.6 Å². The van der Waals surface area contributed by atoms with Gasteiger partial charge in [0.2, 0.25) is 5.95 Å². The summed E-state index contributed by atoms with van der Waals surface area (Å²) in [5, 5.41) is 17.2. The molecular weight excluding hydrogens is 240 g/mol. The Balaban J connectivity index is 2.35. The van der Waals surface area contributed by atoms with Crippen molar-refractivity contribution in [2.45, 2.75) is 25.9 Å². The zero-order valence-electron chi connectivity index (χ0n) is 11.6. The highest BCUT2D eigenvalue weighted by Gasteiger charge is 2.18. The molecule has 2 aromatic rings. The van der Waals surface area contributed by atoms with Crippen molar-refractivity contribution < 1.29 is 5.11 Å². The van der Waals surface area contributed by atoms with Gasteiger partial charge in [0.25, 0.3) is 0 Å². The van der Waals surface area contributed by atoms with Crippen LogP contribution >= 0.6 is 0 Å². The maximum atomic E-state index is 10.1. The Morgan fingerprint density at radius 3 is 2.68 bits per heavy atom. The Kier molecular flexibility index (Phi) is 3.85. The number of hydrogen-bond acceptors (Lipinski definition) is 5. The van der Waals surface area contributed by atoms with E-state index < -0.39 is 5.60 Å². The van der Waals surface area contributed by atoms with E-state index in [1.807, 2.05) is 38.1 Å². The quantitative estimate of drug-likeness (QED) is 0.769. The van der Waals surface area contributed by atoms with Crippen LogP contribution in [0.15, 0.2) is 24.3 Å². The van der Waals surface area contributed by atoms with Crippen molar-refractivity contribution >= 4 is 22.7 Å². The van der Waals surface area contributed by atoms with Gasteiger partial charge in [-0.15, -0.1) is 0 Å². The number of aromatic nitrogens is 2. The second kappa shape index (κ2) is 5.40. The molecule has 1 heterocycles. The molecule has 19 heavy (non-hydrogen) atoms. The van der Waals surface area contributed by atoms with E-state index >= 15 is 0 Å². The van der Waals surface area contributed by atoms with Gasteiger partial charge in [0.15, 0.2) is 0 Å². The molecule has 0 fully saturated rings. The molecule has 5 nitrogen and oxygen atoms in total. The maximum absolute atomic E-state index is 10.1. The molecule has 2 rings (SSSR count). The summed E-state index contributed by atoms with van der Waals surface area (Å²) < 4.78 is 0. The first kappa shape index (κ1) is 13.5. The SMILES string of the molecule is CCC(C)(O)CNc1nc(NC)nc2ccccc12. The summed E-state index contributed by atoms with van der Waals surface area (Å²) in [6.45, 7) is 4.22. The largest absolute Gasteiger partial charge is 0.388 e. The Morgan fingerprint density at radius 2 is 2.00 bits per heavy atom. The highest BCUT2D eigenvalue weighted by Crippen LogP contribution is 2.22. The number of aliphatic hydroxyl groups is 1. The Hall–Kier alpha value is -1.88. The minimum atomic E-state index is -0.744. The van der Waals surface area contributed by atoms with Crippen molar-refractivity contribution in [3.05, 3.63) is 24.3 Å². The maximum Gasteiger partial charge on any atom is 0.224 e. The molecular formula is C14H20N4O. The van der Waals surface area contributed by atoms with Gasteiger partial charge in [-0.05, 0) is 25.5 Å². The highest BCUT2D eigenvalue weighted by molar-refractivity contribution is 5.90. The first-order valence-electron chi connectivity index (χ1n) is 6.46. The third-order valence-electron chi connectivity index (χ3n) is 3.23. The lowest BCUT2D eigenvalue weighted by molar-refractivity contribution is 0.0697. The minimum absolute atomic E-state index is 0.452. The molecule has 1 aromatic carbocycles. The molecule has 102 valence electrons. The Labute approximate surface area is 113 Å². The van der Waals surface area contributed by atoms with Gasteiger partial charge < -0.3 is 15.7 Å². The number of hydrogen-bond donors (Lipinski definition) is 3. The van der Waals surface area contributed by atoms with Crippen LogP contribution in [0.3, 0.4) is 0 Å². The van der Waals surface area contributed by atoms with E-state index in [1.54, 1.807) is 7.05 Å². The smallest absolute Gasteiger partial charge is 0.224 e. The van der Waals surface area contributed by atoms with Crippen molar-refractivity contribution in [1.29, 1.82) is 0 Å². The van der Waals surface area contributed by atoms with Gasteiger partial charge in [-0.1, -0.05) is 19.1 Å². The molecule has 1 aromatic heterocycles. The standard InChI is InChI=1S/C14H20N4O/c1-4-14(2,19)9-16-12-10-7-5-6-8-11(10)17-13(15-3)18-12/h5-8,19H,4,9H2,1-3H3,(H2,15,16,17,18). The molecule has 0 aliphatic rings. The molecule has 0 bridgehead atoms. The number of fused-ring (bicyclic) bond motifs is 1. The topological polar surface area (TPSA) is 70.1 Å². The van der Waals surface area contributed by atoms with E-state index in [2.05, 4.69) is 20.6 Å². The summed E-state index contributed by atoms with van der Waals surface area (Å²) >= 11 is 0. The van der Waals surface area contributed by atoms with Crippen LogP contribution in [0, 0.1) is 0 Å². The number of rotatable bonds is 5. The first-order chi connectivity index (χ1) is 9.05. The van der Waals surface area contributed by atoms with Gasteiger partial charge in [0.05, 0.1) is 11.1 Å². The molecule has 3 N–H and O–H groups in total. The van der Waals surface area contributed by atoms with E-state index in [-0.39, 0.29) is 0 Å². The average Bonchev–Trinajstić information content (AvgIpc) is 2.44. The number of nitrogens with one attached hydrogen (secondary N) is 2. The fraction of sp³-hybridized carbons (Fsp3) is 0.429. The molecule has 0 radical (unpaired) electrons. The number of para-hydroxylation sites is 1. The summed E-state index contributed by atoms with van der Waals surface area (Å²) in [4.78, 5) is 8.81. The van der Waals surface area contributed by atoms with E-state index in [4.69, 9.17) is 0 Å². The van der Waals surface area contributed by atoms with E-state index in [0.717, 1.165) is 16.7 Å². The summed E-state index contributed by atoms with van der Waals surface area (Å²) in [5.74, 6) is 1.31. The van der Waals surface area contributed by atoms with Crippen molar-refractivity contribution in [1.82, 2.24) is 9.97 Å². The molecule has 0 spiro atoms. The minimum Gasteiger partial charge on any atom is -0.388 e. The summed E-state index contributed by atoms with van der Waals surface area (Å²) in [5.41, 5.74) is 0.131. The van der Waals surface area contributed by atoms with Gasteiger partial charge in [-0.3, -0.25) is 0 Å². The van der Waals surface area contributed by atoms with Gasteiger partial charge in [-0.2, -0.15) is 4.98 Å². The monoisotopic (exact) mass is 260 g/mol. The van der Waals surface area contributed by atoms with E-state index in [1.165, 1.54) is 0 Å². The van der Waals surface area contributed by atoms with Crippen LogP contribution in [0.4, 0.5) is 11.8 Å². The molecule has 0 aliphatic carbocycles. The van der Waals surface area contributed by atoms with E-state index in [0.29, 0.717) is 18.9 Å². The van der Waals surface area contributed by atoms with Crippen LogP contribution in [-0.4, -0.2) is 34.3 Å². The zero-order chi connectivity index (χ0) is 13.9. The lowest BCUT2D eigenvalue weighted by Crippen LogP contribution is -2.32. The summed E-state index contributed by atoms with van der Waals surface area (Å²) in [6, 6.07) is 7.81. The number of benzene rings is 1. The highest BCUT2D eigenvalue weighted by atomic mass is 16.3. The third-order valence-corrected chi connectivity index (χ3v) is 3.23. The average molecular weight is 260 g/mol. The van der Waals surface area contributed by atoms with Crippen LogP contribution in [0.25, 0.3) is 10.9 Å². The van der Waals surface area contributed by atoms with E-state index in [9.17, 15) is 5.11 Å². The predicted octanol–water partition coefficient (Wildman–Crippen LogP) is 2.24. The Morgan fingerprint density at radius 1 is 1.26 bits per heavy atom. The van der Waals surface area contributed by atoms with Gasteiger partial charge >= 0.3 is 0 Å². The number of nitrogens with zero attached hydrogens (tertiary/aromatic N) is 2. The molecule has 0 aliphatic heterocycles. The normalized spacial score (nSPS) is 14.1. The lowest BCUT2D eigenvalue weighted by Gasteiger charge is -2.22. The molecule has 0 amide bonds. The van der Waals surface area contributed by atoms with Crippen molar-refractivity contribution in [2.75, 3.05) is 24.2 Å². The van der Waals surface area contributed by atoms with Gasteiger partial charge in [0.1, 0.15) is 5.82 Å². The second-order valence-corrected chi connectivity index (χ2v) is 4.87. The molecule has 0 saturated heterocycles. The summed E-state index contributed by atoms with van der Waals surface area (Å²) in [6.07, 6.45) is 0.682. The predicted molar refractivity (Wildman–Crippen MR) is 78.5 cm³/mol. The van der Waals surface area contributed by atoms with Crippen LogP contribution in [-0.2, 0) is 0 Å². The van der Waals surface area contributed by atoms with Crippen LogP contribution in [0.2, 0.25) is 0 Å². The fourth-order valence-corrected chi connectivity index (χ4v) is 1.72. The van der Waals surface area contributed by atoms with Crippen LogP contribution in [0.1, 0.15) is 20.3 Å². The van der Waals surface area contributed by atoms with Crippen LogP contribution in [0.5, 0.6) is 0 Å². The number of anilines is 2. The second-order valence-electron chi connectivity index (χ2n) is 4.87. The van der Waals surface area contributed by atoms with Crippen molar-refractivity contribution in [3.8, 4) is 0 Å². The van der Waals surface area contributed by atoms with Gasteiger partial charge in [0, 0.05) is 19.0 Å².